The van der Waals surface area contributed by atoms with Crippen LogP contribution in [-0.2, 0) is 31.3 Å². The molecule has 2 aromatic carbocycles. The molecule has 5 aromatic rings. The Balaban J connectivity index is 0.781. The number of aryl methyl sites for hydroxylation is 1. The minimum Gasteiger partial charge on any atom is -0.383 e. The van der Waals surface area contributed by atoms with Crippen LogP contribution in [0.3, 0.4) is 0 Å². The fraction of sp³-hybridized carbons (Fsp3) is 0.395. The number of carbonyl (C=O) groups is 3. The number of amides is 3. The molecule has 2 fully saturated rings. The summed E-state index contributed by atoms with van der Waals surface area (Å²) in [7, 11) is -1.60. The van der Waals surface area contributed by atoms with E-state index < -0.39 is 21.8 Å². The fourth-order valence-corrected chi connectivity index (χ4v) is 9.29. The molecule has 2 saturated heterocycles. The molecular formula is C43H50N10O6S. The molecule has 1 aliphatic carbocycles. The molecule has 0 radical (unpaired) electrons. The molecule has 0 spiro atoms. The van der Waals surface area contributed by atoms with Crippen molar-refractivity contribution in [3.63, 3.8) is 0 Å². The van der Waals surface area contributed by atoms with Crippen molar-refractivity contribution in [2.45, 2.75) is 57.4 Å². The summed E-state index contributed by atoms with van der Waals surface area (Å²) in [6.07, 6.45) is 10.1. The first-order valence-electron chi connectivity index (χ1n) is 20.5. The van der Waals surface area contributed by atoms with Crippen molar-refractivity contribution in [2.24, 2.45) is 13.0 Å². The Labute approximate surface area is 347 Å². The zero-order valence-electron chi connectivity index (χ0n) is 34.0. The van der Waals surface area contributed by atoms with Crippen LogP contribution >= 0.6 is 0 Å². The third-order valence-electron chi connectivity index (χ3n) is 11.7. The summed E-state index contributed by atoms with van der Waals surface area (Å²) in [6, 6.07) is 18.8. The number of allylic oxidation sites excluding steroid dienone is 3. The Hall–Kier alpha value is -6.23. The second kappa shape index (κ2) is 16.8. The van der Waals surface area contributed by atoms with Crippen molar-refractivity contribution in [3.05, 3.63) is 100.0 Å². The van der Waals surface area contributed by atoms with Crippen LogP contribution < -0.4 is 26.5 Å². The minimum atomic E-state index is -3.28. The SMILES string of the molecule is CC1C=C(S(C)(=O)=O)C=CC1c1cccc2nc(Nc3ccc(N4CCN(C(=O)CCCCCNc5cccc6c5n(C)c(=O)n6C5CCC(=O)NC5=O)CC4)cc3)nn12. The van der Waals surface area contributed by atoms with Crippen molar-refractivity contribution >= 4 is 67.2 Å². The number of para-hydroxylation sites is 1. The molecule has 314 valence electrons. The van der Waals surface area contributed by atoms with E-state index in [0.717, 1.165) is 55.1 Å². The summed E-state index contributed by atoms with van der Waals surface area (Å²) in [5, 5.41) is 13.9. The Morgan fingerprint density at radius 3 is 2.45 bits per heavy atom. The van der Waals surface area contributed by atoms with Crippen LogP contribution in [0.25, 0.3) is 16.7 Å². The molecule has 3 aromatic heterocycles. The number of sulfone groups is 1. The molecule has 3 amide bonds. The Kier molecular flexibility index (Phi) is 11.3. The van der Waals surface area contributed by atoms with E-state index in [1.807, 2.05) is 70.9 Å². The smallest absolute Gasteiger partial charge is 0.329 e. The van der Waals surface area contributed by atoms with E-state index in [4.69, 9.17) is 5.10 Å². The van der Waals surface area contributed by atoms with E-state index in [-0.39, 0.29) is 42.2 Å². The van der Waals surface area contributed by atoms with Crippen LogP contribution in [0.1, 0.15) is 63.1 Å². The molecule has 0 bridgehead atoms. The van der Waals surface area contributed by atoms with E-state index in [1.165, 1.54) is 10.8 Å². The van der Waals surface area contributed by atoms with Gasteiger partial charge in [-0.2, -0.15) is 4.98 Å². The quantitative estimate of drug-likeness (QED) is 0.111. The van der Waals surface area contributed by atoms with Crippen molar-refractivity contribution in [1.29, 1.82) is 0 Å². The molecule has 5 heterocycles. The van der Waals surface area contributed by atoms with Crippen molar-refractivity contribution in [1.82, 2.24) is 33.9 Å². The number of imide groups is 1. The molecule has 2 aliphatic heterocycles. The summed E-state index contributed by atoms with van der Waals surface area (Å²) in [4.78, 5) is 59.8. The average Bonchev–Trinajstić information content (AvgIpc) is 3.76. The molecule has 3 aliphatic rings. The topological polar surface area (TPSA) is 185 Å². The van der Waals surface area contributed by atoms with Gasteiger partial charge >= 0.3 is 5.69 Å². The van der Waals surface area contributed by atoms with Crippen LogP contribution in [0.5, 0.6) is 0 Å². The van der Waals surface area contributed by atoms with Gasteiger partial charge in [0.25, 0.3) is 0 Å². The van der Waals surface area contributed by atoms with Crippen LogP contribution in [0.15, 0.2) is 88.6 Å². The lowest BCUT2D eigenvalue weighted by Crippen LogP contribution is -2.48. The highest BCUT2D eigenvalue weighted by atomic mass is 32.2. The normalized spacial score (nSPS) is 19.8. The number of hydrogen-bond donors (Lipinski definition) is 3. The Morgan fingerprint density at radius 1 is 0.950 bits per heavy atom. The summed E-state index contributed by atoms with van der Waals surface area (Å²) in [5.74, 6) is -0.238. The number of rotatable bonds is 13. The summed E-state index contributed by atoms with van der Waals surface area (Å²) < 4.78 is 29.0. The van der Waals surface area contributed by atoms with Gasteiger partial charge in [-0.25, -0.2) is 17.7 Å². The van der Waals surface area contributed by atoms with Gasteiger partial charge in [0, 0.05) is 76.2 Å². The summed E-state index contributed by atoms with van der Waals surface area (Å²) in [5.41, 5.74) is 5.38. The molecule has 60 heavy (non-hydrogen) atoms. The molecule has 3 atom stereocenters. The van der Waals surface area contributed by atoms with Gasteiger partial charge in [0.2, 0.25) is 23.7 Å². The maximum absolute atomic E-state index is 13.2. The van der Waals surface area contributed by atoms with E-state index >= 15 is 0 Å². The molecular weight excluding hydrogens is 785 g/mol. The van der Waals surface area contributed by atoms with Gasteiger partial charge in [-0.15, -0.1) is 5.10 Å². The first kappa shape index (κ1) is 40.5. The molecule has 3 N–H and O–H groups in total. The van der Waals surface area contributed by atoms with Gasteiger partial charge in [-0.05, 0) is 79.8 Å². The van der Waals surface area contributed by atoms with E-state index in [9.17, 15) is 27.6 Å². The van der Waals surface area contributed by atoms with Gasteiger partial charge in [0.15, 0.2) is 15.5 Å². The van der Waals surface area contributed by atoms with Crippen LogP contribution in [0, 0.1) is 5.92 Å². The monoisotopic (exact) mass is 834 g/mol. The standard InChI is InChI=1S/C43H50N10O6S/c1-28-27-31(60(3,58)59)18-19-32(28)34-10-8-12-37-46-42(48-53(34)37)45-29-14-16-30(17-15-29)50-23-25-51(26-24-50)39(55)13-5-4-6-22-44-33-9-7-11-35-40(33)49(2)43(57)52(35)36-20-21-38(54)47-41(36)56/h7-12,14-19,27-28,32,36,44H,4-6,13,20-26H2,1-3H3,(H,45,48)(H,47,54,56). The van der Waals surface area contributed by atoms with E-state index in [2.05, 4.69) is 38.0 Å². The maximum atomic E-state index is 13.2. The number of benzene rings is 2. The number of hydrogen-bond acceptors (Lipinski definition) is 11. The van der Waals surface area contributed by atoms with Gasteiger partial charge in [0.05, 0.1) is 27.3 Å². The van der Waals surface area contributed by atoms with E-state index in [1.54, 1.807) is 23.8 Å². The number of nitrogens with one attached hydrogen (secondary N) is 3. The highest BCUT2D eigenvalue weighted by Crippen LogP contribution is 2.34. The van der Waals surface area contributed by atoms with Crippen molar-refractivity contribution < 1.29 is 22.8 Å². The lowest BCUT2D eigenvalue weighted by atomic mass is 9.87. The number of piperidine rings is 1. The van der Waals surface area contributed by atoms with Crippen LogP contribution in [0.4, 0.5) is 23.0 Å². The number of carbonyl (C=O) groups excluding carboxylic acids is 3. The molecule has 17 heteroatoms. The van der Waals surface area contributed by atoms with E-state index in [0.29, 0.717) is 53.6 Å². The Morgan fingerprint density at radius 2 is 1.72 bits per heavy atom. The largest absolute Gasteiger partial charge is 0.383 e. The zero-order valence-corrected chi connectivity index (χ0v) is 34.8. The molecule has 0 saturated carbocycles. The van der Waals surface area contributed by atoms with Crippen molar-refractivity contribution in [3.8, 4) is 0 Å². The second-order valence-corrected chi connectivity index (χ2v) is 17.9. The number of anilines is 4. The van der Waals surface area contributed by atoms with Gasteiger partial charge in [-0.3, -0.25) is 28.8 Å². The number of nitrogens with zero attached hydrogens (tertiary/aromatic N) is 7. The molecule has 8 rings (SSSR count). The fourth-order valence-electron chi connectivity index (χ4n) is 8.51. The lowest BCUT2D eigenvalue weighted by molar-refractivity contribution is -0.136. The molecule has 3 unspecified atom stereocenters. The number of fused-ring (bicyclic) bond motifs is 2. The van der Waals surface area contributed by atoms with Crippen molar-refractivity contribution in [2.75, 3.05) is 54.5 Å². The number of piperazine rings is 1. The molecule has 16 nitrogen and oxygen atoms in total. The first-order valence-corrected chi connectivity index (χ1v) is 22.4. The van der Waals surface area contributed by atoms with Crippen LogP contribution in [0.2, 0.25) is 0 Å². The van der Waals surface area contributed by atoms with Crippen LogP contribution in [-0.4, -0.2) is 93.8 Å². The van der Waals surface area contributed by atoms with Gasteiger partial charge in [-0.1, -0.05) is 37.6 Å². The maximum Gasteiger partial charge on any atom is 0.329 e. The number of aromatic nitrogens is 5. The highest BCUT2D eigenvalue weighted by Gasteiger charge is 2.32. The number of pyridine rings is 1. The van der Waals surface area contributed by atoms with Gasteiger partial charge < -0.3 is 20.4 Å². The average molecular weight is 835 g/mol. The third kappa shape index (κ3) is 8.30. The predicted molar refractivity (Wildman–Crippen MR) is 231 cm³/mol. The Bertz CT molecular complexity index is 2690. The minimum absolute atomic E-state index is 0.0378. The zero-order chi connectivity index (χ0) is 42.1. The number of imidazole rings is 1. The lowest BCUT2D eigenvalue weighted by Gasteiger charge is -2.36. The first-order chi connectivity index (χ1) is 28.9. The number of unbranched alkanes of at least 4 members (excludes halogenated alkanes) is 2. The summed E-state index contributed by atoms with van der Waals surface area (Å²) >= 11 is 0. The third-order valence-corrected chi connectivity index (χ3v) is 12.9. The highest BCUT2D eigenvalue weighted by molar-refractivity contribution is 7.94. The second-order valence-electron chi connectivity index (χ2n) is 15.9. The predicted octanol–water partition coefficient (Wildman–Crippen LogP) is 4.64. The summed E-state index contributed by atoms with van der Waals surface area (Å²) in [6.45, 7) is 5.48. The van der Waals surface area contributed by atoms with Gasteiger partial charge in [0.1, 0.15) is 6.04 Å².